The Kier molecular flexibility index (Phi) is 5.52. The normalized spacial score (nSPS) is 13.2. The predicted octanol–water partition coefficient (Wildman–Crippen LogP) is 0.174. The van der Waals surface area contributed by atoms with Crippen molar-refractivity contribution >= 4 is 15.9 Å². The molecular weight excluding hydrogens is 270 g/mol. The molecule has 108 valence electrons. The molecule has 0 radical (unpaired) electrons. The van der Waals surface area contributed by atoms with Crippen molar-refractivity contribution in [1.82, 2.24) is 5.32 Å². The van der Waals surface area contributed by atoms with Crippen molar-refractivity contribution in [3.63, 3.8) is 0 Å². The Morgan fingerprint density at radius 1 is 1.47 bits per heavy atom. The van der Waals surface area contributed by atoms with Gasteiger partial charge in [-0.3, -0.25) is 4.79 Å². The van der Waals surface area contributed by atoms with Crippen molar-refractivity contribution in [2.75, 3.05) is 6.54 Å². The van der Waals surface area contributed by atoms with Crippen molar-refractivity contribution in [2.24, 2.45) is 10.9 Å². The van der Waals surface area contributed by atoms with E-state index in [0.717, 1.165) is 25.3 Å². The highest BCUT2D eigenvalue weighted by atomic mass is 32.2. The average molecular weight is 289 g/mol. The number of rotatable bonds is 7. The van der Waals surface area contributed by atoms with E-state index in [0.29, 0.717) is 6.54 Å². The van der Waals surface area contributed by atoms with E-state index >= 15 is 0 Å². The van der Waals surface area contributed by atoms with Crippen molar-refractivity contribution in [3.05, 3.63) is 17.9 Å². The van der Waals surface area contributed by atoms with Crippen LogP contribution in [0.4, 0.5) is 0 Å². The first-order valence-electron chi connectivity index (χ1n) is 6.02. The Morgan fingerprint density at radius 2 is 2.16 bits per heavy atom. The Hall–Kier alpha value is -1.38. The van der Waals surface area contributed by atoms with Gasteiger partial charge in [0.2, 0.25) is 5.09 Å². The van der Waals surface area contributed by atoms with Gasteiger partial charge in [-0.15, -0.1) is 0 Å². The lowest BCUT2D eigenvalue weighted by Gasteiger charge is -2.15. The van der Waals surface area contributed by atoms with Gasteiger partial charge in [0.1, 0.15) is 0 Å². The quantitative estimate of drug-likeness (QED) is 0.659. The highest BCUT2D eigenvalue weighted by Gasteiger charge is 2.19. The van der Waals surface area contributed by atoms with Crippen LogP contribution < -0.4 is 16.2 Å². The minimum Gasteiger partial charge on any atom is -0.438 e. The largest absolute Gasteiger partial charge is 0.438 e. The summed E-state index contributed by atoms with van der Waals surface area (Å²) >= 11 is 0. The molecule has 0 aliphatic carbocycles. The van der Waals surface area contributed by atoms with E-state index < -0.39 is 21.0 Å². The van der Waals surface area contributed by atoms with E-state index in [9.17, 15) is 13.2 Å². The number of furan rings is 1. The summed E-state index contributed by atoms with van der Waals surface area (Å²) in [5.74, 6) is -0.597. The number of hydrogen-bond acceptors (Lipinski definition) is 5. The van der Waals surface area contributed by atoms with Crippen molar-refractivity contribution < 1.29 is 17.6 Å². The van der Waals surface area contributed by atoms with Crippen LogP contribution in [0.1, 0.15) is 36.7 Å². The fourth-order valence-corrected chi connectivity index (χ4v) is 2.01. The van der Waals surface area contributed by atoms with Gasteiger partial charge in [-0.25, -0.2) is 13.6 Å². The van der Waals surface area contributed by atoms with Crippen LogP contribution in [0.3, 0.4) is 0 Å². The van der Waals surface area contributed by atoms with Gasteiger partial charge >= 0.3 is 0 Å². The molecule has 7 nitrogen and oxygen atoms in total. The van der Waals surface area contributed by atoms with Crippen LogP contribution in [-0.2, 0) is 10.0 Å². The molecule has 1 atom stereocenters. The van der Waals surface area contributed by atoms with Gasteiger partial charge in [0, 0.05) is 12.6 Å². The fraction of sp³-hybridized carbons (Fsp3) is 0.545. The summed E-state index contributed by atoms with van der Waals surface area (Å²) < 4.78 is 26.9. The van der Waals surface area contributed by atoms with Gasteiger partial charge in [0.05, 0.1) is 0 Å². The first-order chi connectivity index (χ1) is 8.88. The van der Waals surface area contributed by atoms with Crippen LogP contribution in [0.5, 0.6) is 0 Å². The third-order valence-corrected chi connectivity index (χ3v) is 3.39. The molecule has 0 fully saturated rings. The first kappa shape index (κ1) is 15.7. The highest BCUT2D eigenvalue weighted by molar-refractivity contribution is 7.89. The molecule has 0 spiro atoms. The van der Waals surface area contributed by atoms with Crippen LogP contribution in [0.25, 0.3) is 0 Å². The van der Waals surface area contributed by atoms with Gasteiger partial charge in [0.25, 0.3) is 15.9 Å². The highest BCUT2D eigenvalue weighted by Crippen LogP contribution is 2.12. The van der Waals surface area contributed by atoms with Gasteiger partial charge < -0.3 is 15.5 Å². The minimum absolute atomic E-state index is 0.0982. The second kappa shape index (κ2) is 6.69. The lowest BCUT2D eigenvalue weighted by Crippen LogP contribution is -2.40. The topological polar surface area (TPSA) is 128 Å². The standard InChI is InChI=1S/C11H19N3O4S/c1-2-3-4-8(7-12)14-11(15)9-5-6-10(18-9)19(13,16)17/h5-6,8H,2-4,7,12H2,1H3,(H,14,15)(H2,13,16,17). The summed E-state index contributed by atoms with van der Waals surface area (Å²) in [5, 5.41) is 7.14. The van der Waals surface area contributed by atoms with Gasteiger partial charge in [0.15, 0.2) is 5.76 Å². The molecule has 0 saturated heterocycles. The van der Waals surface area contributed by atoms with Crippen LogP contribution in [0.2, 0.25) is 0 Å². The Bertz CT molecular complexity index is 524. The lowest BCUT2D eigenvalue weighted by atomic mass is 10.1. The summed E-state index contributed by atoms with van der Waals surface area (Å²) in [5.41, 5.74) is 5.55. The molecule has 5 N–H and O–H groups in total. The minimum atomic E-state index is -3.94. The van der Waals surface area contributed by atoms with E-state index in [4.69, 9.17) is 15.3 Å². The molecule has 1 rings (SSSR count). The molecule has 0 aliphatic rings. The number of sulfonamides is 1. The number of amides is 1. The molecule has 1 amide bonds. The molecule has 8 heteroatoms. The van der Waals surface area contributed by atoms with Crippen LogP contribution in [0, 0.1) is 0 Å². The zero-order valence-corrected chi connectivity index (χ0v) is 11.6. The Morgan fingerprint density at radius 3 is 2.63 bits per heavy atom. The third-order valence-electron chi connectivity index (χ3n) is 2.61. The SMILES string of the molecule is CCCCC(CN)NC(=O)c1ccc(S(N)(=O)=O)o1. The molecule has 1 aromatic heterocycles. The van der Waals surface area contributed by atoms with Crippen LogP contribution >= 0.6 is 0 Å². The summed E-state index contributed by atoms with van der Waals surface area (Å²) in [6.45, 7) is 2.36. The maximum Gasteiger partial charge on any atom is 0.287 e. The number of nitrogens with one attached hydrogen (secondary N) is 1. The number of carbonyl (C=O) groups excluding carboxylic acids is 1. The average Bonchev–Trinajstić information content (AvgIpc) is 2.83. The van der Waals surface area contributed by atoms with Crippen LogP contribution in [-0.4, -0.2) is 26.9 Å². The molecule has 0 bridgehead atoms. The van der Waals surface area contributed by atoms with E-state index in [1.54, 1.807) is 0 Å². The number of primary sulfonamides is 1. The van der Waals surface area contributed by atoms with E-state index in [1.807, 2.05) is 6.92 Å². The summed E-state index contributed by atoms with van der Waals surface area (Å²) in [6.07, 6.45) is 2.72. The molecule has 19 heavy (non-hydrogen) atoms. The summed E-state index contributed by atoms with van der Waals surface area (Å²) in [6, 6.07) is 2.26. The predicted molar refractivity (Wildman–Crippen MR) is 69.9 cm³/mol. The molecule has 1 heterocycles. The zero-order chi connectivity index (χ0) is 14.5. The fourth-order valence-electron chi connectivity index (χ4n) is 1.55. The van der Waals surface area contributed by atoms with Gasteiger partial charge in [-0.2, -0.15) is 0 Å². The maximum absolute atomic E-state index is 11.8. The first-order valence-corrected chi connectivity index (χ1v) is 7.56. The van der Waals surface area contributed by atoms with Crippen molar-refractivity contribution in [1.29, 1.82) is 0 Å². The number of unbranched alkanes of at least 4 members (excludes halogenated alkanes) is 1. The monoisotopic (exact) mass is 289 g/mol. The third kappa shape index (κ3) is 4.66. The number of nitrogens with two attached hydrogens (primary N) is 2. The van der Waals surface area contributed by atoms with E-state index in [2.05, 4.69) is 5.32 Å². The van der Waals surface area contributed by atoms with Crippen LogP contribution in [0.15, 0.2) is 21.6 Å². The molecule has 1 aromatic rings. The van der Waals surface area contributed by atoms with Gasteiger partial charge in [-0.1, -0.05) is 19.8 Å². The summed E-state index contributed by atoms with van der Waals surface area (Å²) in [7, 11) is -3.94. The summed E-state index contributed by atoms with van der Waals surface area (Å²) in [4.78, 5) is 11.8. The van der Waals surface area contributed by atoms with E-state index in [1.165, 1.54) is 6.07 Å². The molecule has 1 unspecified atom stereocenters. The molecule has 0 saturated carbocycles. The second-order valence-corrected chi connectivity index (χ2v) is 5.70. The second-order valence-electron chi connectivity index (χ2n) is 4.21. The Balaban J connectivity index is 2.70. The van der Waals surface area contributed by atoms with Crippen molar-refractivity contribution in [2.45, 2.75) is 37.3 Å². The van der Waals surface area contributed by atoms with Gasteiger partial charge in [-0.05, 0) is 18.6 Å². The Labute approximate surface area is 112 Å². The lowest BCUT2D eigenvalue weighted by molar-refractivity contribution is 0.0902. The number of hydrogen-bond donors (Lipinski definition) is 3. The van der Waals surface area contributed by atoms with E-state index in [-0.39, 0.29) is 11.8 Å². The number of carbonyl (C=O) groups is 1. The smallest absolute Gasteiger partial charge is 0.287 e. The zero-order valence-electron chi connectivity index (χ0n) is 10.8. The molecule has 0 aromatic carbocycles. The molecular formula is C11H19N3O4S. The molecule has 0 aliphatic heterocycles. The van der Waals surface area contributed by atoms with Crippen molar-refractivity contribution in [3.8, 4) is 0 Å². The maximum atomic E-state index is 11.8.